The first kappa shape index (κ1) is 20.5. The number of H-pyrrole nitrogens is 1. The molecule has 1 atom stereocenters. The van der Waals surface area contributed by atoms with Crippen molar-refractivity contribution in [1.29, 1.82) is 0 Å². The van der Waals surface area contributed by atoms with Gasteiger partial charge in [-0.2, -0.15) is 5.10 Å². The lowest BCUT2D eigenvalue weighted by Gasteiger charge is -2.32. The molecule has 4 heterocycles. The first-order valence-corrected chi connectivity index (χ1v) is 11.3. The molecule has 0 bridgehead atoms. The van der Waals surface area contributed by atoms with Crippen molar-refractivity contribution in [3.63, 3.8) is 0 Å². The SMILES string of the molecule is Cc1cc(C)n(CCCC(=O)N2CCC[C@@H](c3nc(-c4cccs4)cc(=O)[nH]3)C2)n1. The van der Waals surface area contributed by atoms with Gasteiger partial charge in [-0.25, -0.2) is 4.98 Å². The average Bonchev–Trinajstić information content (AvgIpc) is 3.37. The summed E-state index contributed by atoms with van der Waals surface area (Å²) in [4.78, 5) is 35.5. The van der Waals surface area contributed by atoms with Crippen LogP contribution in [0.1, 0.15) is 48.8 Å². The molecule has 158 valence electrons. The lowest BCUT2D eigenvalue weighted by molar-refractivity contribution is -0.132. The van der Waals surface area contributed by atoms with E-state index in [1.807, 2.05) is 40.9 Å². The number of hydrogen-bond donors (Lipinski definition) is 1. The van der Waals surface area contributed by atoms with Crippen molar-refractivity contribution in [1.82, 2.24) is 24.6 Å². The van der Waals surface area contributed by atoms with E-state index >= 15 is 0 Å². The Balaban J connectivity index is 1.39. The molecule has 1 aliphatic heterocycles. The highest BCUT2D eigenvalue weighted by atomic mass is 32.1. The summed E-state index contributed by atoms with van der Waals surface area (Å²) in [6.07, 6.45) is 3.11. The van der Waals surface area contributed by atoms with E-state index in [2.05, 4.69) is 16.1 Å². The minimum absolute atomic E-state index is 0.0614. The minimum Gasteiger partial charge on any atom is -0.342 e. The van der Waals surface area contributed by atoms with Crippen LogP contribution in [0.3, 0.4) is 0 Å². The average molecular weight is 426 g/mol. The van der Waals surface area contributed by atoms with Crippen LogP contribution in [0, 0.1) is 13.8 Å². The Morgan fingerprint density at radius 2 is 2.20 bits per heavy atom. The summed E-state index contributed by atoms with van der Waals surface area (Å²) in [6, 6.07) is 7.51. The van der Waals surface area contributed by atoms with Crippen LogP contribution in [-0.2, 0) is 11.3 Å². The third-order valence-corrected chi connectivity index (χ3v) is 6.45. The number of aromatic amines is 1. The van der Waals surface area contributed by atoms with E-state index in [4.69, 9.17) is 4.98 Å². The Labute approximate surface area is 179 Å². The molecule has 0 radical (unpaired) electrons. The number of hydrogen-bond acceptors (Lipinski definition) is 5. The molecule has 30 heavy (non-hydrogen) atoms. The van der Waals surface area contributed by atoms with Crippen LogP contribution in [0.5, 0.6) is 0 Å². The maximum atomic E-state index is 12.8. The van der Waals surface area contributed by atoms with E-state index < -0.39 is 0 Å². The molecule has 0 saturated carbocycles. The Bertz CT molecular complexity index is 1070. The van der Waals surface area contributed by atoms with Crippen LogP contribution in [0.4, 0.5) is 0 Å². The van der Waals surface area contributed by atoms with Gasteiger partial charge in [0.05, 0.1) is 16.3 Å². The van der Waals surface area contributed by atoms with Crippen LogP contribution in [0.15, 0.2) is 34.4 Å². The lowest BCUT2D eigenvalue weighted by atomic mass is 9.96. The molecule has 0 unspecified atom stereocenters. The van der Waals surface area contributed by atoms with E-state index in [9.17, 15) is 9.59 Å². The van der Waals surface area contributed by atoms with Crippen molar-refractivity contribution in [3.05, 3.63) is 57.2 Å². The molecule has 3 aromatic rings. The summed E-state index contributed by atoms with van der Waals surface area (Å²) < 4.78 is 1.96. The summed E-state index contributed by atoms with van der Waals surface area (Å²) in [5, 5.41) is 6.44. The standard InChI is InChI=1S/C22H27N5O2S/c1-15-12-16(2)27(25-15)10-4-8-21(29)26-9-3-6-17(14-26)22-23-18(13-20(28)24-22)19-7-5-11-30-19/h5,7,11-13,17H,3-4,6,8-10,14H2,1-2H3,(H,23,24,28)/t17-/m1/s1. The van der Waals surface area contributed by atoms with Crippen molar-refractivity contribution in [2.45, 2.75) is 52.0 Å². The van der Waals surface area contributed by atoms with Crippen LogP contribution < -0.4 is 5.56 Å². The number of carbonyl (C=O) groups excluding carboxylic acids is 1. The number of nitrogens with one attached hydrogen (secondary N) is 1. The topological polar surface area (TPSA) is 83.9 Å². The summed E-state index contributed by atoms with van der Waals surface area (Å²) in [5.41, 5.74) is 2.69. The second kappa shape index (κ2) is 8.95. The molecule has 8 heteroatoms. The number of likely N-dealkylation sites (tertiary alicyclic amines) is 1. The predicted molar refractivity (Wildman–Crippen MR) is 118 cm³/mol. The molecule has 1 N–H and O–H groups in total. The highest BCUT2D eigenvalue weighted by Crippen LogP contribution is 2.27. The fraction of sp³-hybridized carbons (Fsp3) is 0.455. The number of piperidine rings is 1. The molecule has 1 fully saturated rings. The molecule has 7 nitrogen and oxygen atoms in total. The van der Waals surface area contributed by atoms with Gasteiger partial charge in [0.15, 0.2) is 0 Å². The summed E-state index contributed by atoms with van der Waals surface area (Å²) in [5.74, 6) is 0.912. The van der Waals surface area contributed by atoms with Crippen molar-refractivity contribution in [2.75, 3.05) is 13.1 Å². The second-order valence-electron chi connectivity index (χ2n) is 7.93. The van der Waals surface area contributed by atoms with Gasteiger partial charge in [0.2, 0.25) is 5.91 Å². The van der Waals surface area contributed by atoms with E-state index in [0.29, 0.717) is 24.5 Å². The van der Waals surface area contributed by atoms with Gasteiger partial charge in [0.25, 0.3) is 5.56 Å². The monoisotopic (exact) mass is 425 g/mol. The highest BCUT2D eigenvalue weighted by Gasteiger charge is 2.26. The van der Waals surface area contributed by atoms with Crippen molar-refractivity contribution in [3.8, 4) is 10.6 Å². The van der Waals surface area contributed by atoms with Crippen LogP contribution in [0.2, 0.25) is 0 Å². The number of rotatable bonds is 6. The van der Waals surface area contributed by atoms with Gasteiger partial charge in [0.1, 0.15) is 5.82 Å². The molecule has 4 rings (SSSR count). The number of thiophene rings is 1. The highest BCUT2D eigenvalue weighted by molar-refractivity contribution is 7.13. The maximum Gasteiger partial charge on any atom is 0.251 e. The Hall–Kier alpha value is -2.74. The molecule has 1 amide bonds. The molecular formula is C22H27N5O2S. The molecule has 1 saturated heterocycles. The quantitative estimate of drug-likeness (QED) is 0.655. The van der Waals surface area contributed by atoms with Gasteiger partial charge in [-0.1, -0.05) is 6.07 Å². The summed E-state index contributed by atoms with van der Waals surface area (Å²) in [6.45, 7) is 6.14. The third-order valence-electron chi connectivity index (χ3n) is 5.56. The zero-order valence-corrected chi connectivity index (χ0v) is 18.2. The first-order valence-electron chi connectivity index (χ1n) is 10.4. The number of amides is 1. The van der Waals surface area contributed by atoms with Gasteiger partial charge in [0, 0.05) is 43.7 Å². The van der Waals surface area contributed by atoms with E-state index in [0.717, 1.165) is 48.6 Å². The van der Waals surface area contributed by atoms with Crippen molar-refractivity contribution in [2.24, 2.45) is 0 Å². The van der Waals surface area contributed by atoms with Gasteiger partial charge in [-0.3, -0.25) is 14.3 Å². The molecule has 0 aromatic carbocycles. The van der Waals surface area contributed by atoms with Crippen LogP contribution in [-0.4, -0.2) is 43.6 Å². The summed E-state index contributed by atoms with van der Waals surface area (Å²) in [7, 11) is 0. The van der Waals surface area contributed by atoms with Gasteiger partial charge in [-0.05, 0) is 50.6 Å². The number of carbonyl (C=O) groups is 1. The number of aromatic nitrogens is 4. The van der Waals surface area contributed by atoms with Crippen molar-refractivity contribution < 1.29 is 4.79 Å². The van der Waals surface area contributed by atoms with Gasteiger partial charge >= 0.3 is 0 Å². The normalized spacial score (nSPS) is 16.7. The Morgan fingerprint density at radius 3 is 2.93 bits per heavy atom. The molecule has 0 spiro atoms. The lowest BCUT2D eigenvalue weighted by Crippen LogP contribution is -2.39. The summed E-state index contributed by atoms with van der Waals surface area (Å²) >= 11 is 1.57. The Kier molecular flexibility index (Phi) is 6.13. The van der Waals surface area contributed by atoms with Crippen molar-refractivity contribution >= 4 is 17.2 Å². The van der Waals surface area contributed by atoms with E-state index in [1.54, 1.807) is 17.4 Å². The van der Waals surface area contributed by atoms with Gasteiger partial charge in [-0.15, -0.1) is 11.3 Å². The third kappa shape index (κ3) is 4.70. The number of nitrogens with zero attached hydrogens (tertiary/aromatic N) is 4. The van der Waals surface area contributed by atoms with E-state index in [1.165, 1.54) is 0 Å². The first-order chi connectivity index (χ1) is 14.5. The number of aryl methyl sites for hydroxylation is 3. The zero-order valence-electron chi connectivity index (χ0n) is 17.4. The minimum atomic E-state index is -0.142. The second-order valence-corrected chi connectivity index (χ2v) is 8.87. The molecular weight excluding hydrogens is 398 g/mol. The maximum absolute atomic E-state index is 12.8. The largest absolute Gasteiger partial charge is 0.342 e. The Morgan fingerprint density at radius 1 is 1.33 bits per heavy atom. The fourth-order valence-electron chi connectivity index (χ4n) is 4.09. The molecule has 3 aromatic heterocycles. The smallest absolute Gasteiger partial charge is 0.251 e. The molecule has 1 aliphatic rings. The fourth-order valence-corrected chi connectivity index (χ4v) is 4.77. The molecule has 0 aliphatic carbocycles. The van der Waals surface area contributed by atoms with Crippen LogP contribution >= 0.6 is 11.3 Å². The van der Waals surface area contributed by atoms with E-state index in [-0.39, 0.29) is 17.4 Å². The predicted octanol–water partition coefficient (Wildman–Crippen LogP) is 3.50. The van der Waals surface area contributed by atoms with Gasteiger partial charge < -0.3 is 9.88 Å². The zero-order chi connectivity index (χ0) is 21.1. The van der Waals surface area contributed by atoms with Crippen LogP contribution in [0.25, 0.3) is 10.6 Å².